The van der Waals surface area contributed by atoms with Crippen LogP contribution in [0.2, 0.25) is 0 Å². The Balaban J connectivity index is 1.67. The summed E-state index contributed by atoms with van der Waals surface area (Å²) in [6, 6.07) is 8.72. The van der Waals surface area contributed by atoms with Crippen molar-refractivity contribution in [3.05, 3.63) is 47.7 Å². The lowest BCUT2D eigenvalue weighted by Gasteiger charge is -2.13. The largest absolute Gasteiger partial charge is 0.495 e. The van der Waals surface area contributed by atoms with Crippen LogP contribution >= 0.6 is 0 Å². The number of methoxy groups -OCH3 is 1. The summed E-state index contributed by atoms with van der Waals surface area (Å²) in [7, 11) is -1.40. The van der Waals surface area contributed by atoms with Crippen molar-refractivity contribution in [2.45, 2.75) is 19.4 Å². The van der Waals surface area contributed by atoms with E-state index >= 15 is 0 Å². The first-order chi connectivity index (χ1) is 12.4. The normalized spacial score (nSPS) is 18.3. The van der Waals surface area contributed by atoms with Crippen molar-refractivity contribution >= 4 is 27.2 Å². The highest BCUT2D eigenvalue weighted by molar-refractivity contribution is 7.91. The van der Waals surface area contributed by atoms with Gasteiger partial charge >= 0.3 is 0 Å². The highest BCUT2D eigenvalue weighted by Gasteiger charge is 2.27. The van der Waals surface area contributed by atoms with Crippen LogP contribution in [-0.4, -0.2) is 44.0 Å². The number of carbonyl (C=O) groups excluding carboxylic acids is 1. The molecule has 8 heteroatoms. The van der Waals surface area contributed by atoms with Crippen molar-refractivity contribution < 1.29 is 17.9 Å². The maximum atomic E-state index is 12.4. The summed E-state index contributed by atoms with van der Waals surface area (Å²) in [6.07, 6.45) is 2.03. The fourth-order valence-electron chi connectivity index (χ4n) is 2.85. The molecule has 1 unspecified atom stereocenters. The number of hydrogen-bond acceptors (Lipinski definition) is 6. The number of amides is 1. The zero-order chi connectivity index (χ0) is 18.7. The molecule has 2 aromatic rings. The Morgan fingerprint density at radius 3 is 2.69 bits per heavy atom. The highest BCUT2D eigenvalue weighted by Crippen LogP contribution is 2.25. The fourth-order valence-corrected chi connectivity index (χ4v) is 4.52. The summed E-state index contributed by atoms with van der Waals surface area (Å²) < 4.78 is 28.3. The predicted octanol–water partition coefficient (Wildman–Crippen LogP) is 2.25. The minimum atomic E-state index is -2.95. The van der Waals surface area contributed by atoms with Crippen LogP contribution in [-0.2, 0) is 9.84 Å². The molecule has 0 aliphatic carbocycles. The van der Waals surface area contributed by atoms with Gasteiger partial charge in [-0.1, -0.05) is 6.07 Å². The van der Waals surface area contributed by atoms with E-state index in [0.717, 1.165) is 5.56 Å². The number of ether oxygens (including phenoxy) is 1. The third kappa shape index (κ3) is 4.32. The first-order valence-electron chi connectivity index (χ1n) is 8.25. The lowest BCUT2D eigenvalue weighted by molar-refractivity contribution is 0.102. The summed E-state index contributed by atoms with van der Waals surface area (Å²) in [6.45, 7) is 1.93. The summed E-state index contributed by atoms with van der Waals surface area (Å²) in [5.74, 6) is 1.15. The monoisotopic (exact) mass is 375 g/mol. The van der Waals surface area contributed by atoms with Gasteiger partial charge in [0, 0.05) is 12.2 Å². The second-order valence-electron chi connectivity index (χ2n) is 6.33. The second-order valence-corrected chi connectivity index (χ2v) is 8.56. The quantitative estimate of drug-likeness (QED) is 0.832. The van der Waals surface area contributed by atoms with Crippen molar-refractivity contribution in [3.63, 3.8) is 0 Å². The molecular formula is C18H21N3O4S. The van der Waals surface area contributed by atoms with Crippen LogP contribution < -0.4 is 15.4 Å². The lowest BCUT2D eigenvalue weighted by atomic mass is 10.2. The lowest BCUT2D eigenvalue weighted by Crippen LogP contribution is -2.21. The van der Waals surface area contributed by atoms with Crippen LogP contribution in [0.1, 0.15) is 22.3 Å². The highest BCUT2D eigenvalue weighted by atomic mass is 32.2. The number of pyridine rings is 1. The second kappa shape index (κ2) is 7.33. The summed E-state index contributed by atoms with van der Waals surface area (Å²) in [4.78, 5) is 16.6. The molecule has 1 aromatic heterocycles. The van der Waals surface area contributed by atoms with Gasteiger partial charge in [0.05, 0.1) is 29.9 Å². The summed E-state index contributed by atoms with van der Waals surface area (Å²) in [5.41, 5.74) is 2.00. The molecule has 26 heavy (non-hydrogen) atoms. The smallest absolute Gasteiger partial charge is 0.257 e. The molecule has 1 aliphatic heterocycles. The number of benzene rings is 1. The van der Waals surface area contributed by atoms with E-state index in [1.807, 2.05) is 19.1 Å². The van der Waals surface area contributed by atoms with Crippen LogP contribution in [0.15, 0.2) is 36.5 Å². The number of carbonyl (C=O) groups is 1. The van der Waals surface area contributed by atoms with E-state index in [1.54, 1.807) is 25.3 Å². The zero-order valence-electron chi connectivity index (χ0n) is 14.7. The van der Waals surface area contributed by atoms with Crippen LogP contribution in [0, 0.1) is 6.92 Å². The summed E-state index contributed by atoms with van der Waals surface area (Å²) in [5, 5.41) is 5.91. The van der Waals surface area contributed by atoms with E-state index in [9.17, 15) is 13.2 Å². The van der Waals surface area contributed by atoms with Gasteiger partial charge in [0.2, 0.25) is 0 Å². The number of aromatic nitrogens is 1. The molecule has 1 fully saturated rings. The molecule has 0 saturated carbocycles. The molecular weight excluding hydrogens is 354 g/mol. The number of aryl methyl sites for hydroxylation is 1. The van der Waals surface area contributed by atoms with E-state index in [-0.39, 0.29) is 23.5 Å². The van der Waals surface area contributed by atoms with Crippen molar-refractivity contribution in [2.75, 3.05) is 29.2 Å². The maximum absolute atomic E-state index is 12.4. The minimum absolute atomic E-state index is 0.115. The maximum Gasteiger partial charge on any atom is 0.257 e. The van der Waals surface area contributed by atoms with Gasteiger partial charge in [0.25, 0.3) is 5.91 Å². The van der Waals surface area contributed by atoms with E-state index in [2.05, 4.69) is 15.6 Å². The molecule has 1 amide bonds. The van der Waals surface area contributed by atoms with Crippen LogP contribution in [0.5, 0.6) is 5.75 Å². The number of anilines is 2. The molecule has 0 radical (unpaired) electrons. The molecule has 1 saturated heterocycles. The Morgan fingerprint density at radius 1 is 1.27 bits per heavy atom. The first kappa shape index (κ1) is 18.2. The molecule has 0 spiro atoms. The Morgan fingerprint density at radius 2 is 2.08 bits per heavy atom. The van der Waals surface area contributed by atoms with E-state index in [4.69, 9.17) is 4.74 Å². The number of hydrogen-bond donors (Lipinski definition) is 2. The Hall–Kier alpha value is -2.61. The van der Waals surface area contributed by atoms with Crippen LogP contribution in [0.4, 0.5) is 11.5 Å². The van der Waals surface area contributed by atoms with E-state index < -0.39 is 9.84 Å². The predicted molar refractivity (Wildman–Crippen MR) is 101 cm³/mol. The van der Waals surface area contributed by atoms with Crippen molar-refractivity contribution in [3.8, 4) is 5.75 Å². The Bertz CT molecular complexity index is 911. The van der Waals surface area contributed by atoms with Gasteiger partial charge in [-0.3, -0.25) is 4.79 Å². The van der Waals surface area contributed by atoms with E-state index in [0.29, 0.717) is 29.2 Å². The molecule has 0 bridgehead atoms. The zero-order valence-corrected chi connectivity index (χ0v) is 15.5. The van der Waals surface area contributed by atoms with Crippen molar-refractivity contribution in [1.29, 1.82) is 0 Å². The van der Waals surface area contributed by atoms with Gasteiger partial charge in [0.1, 0.15) is 11.6 Å². The molecule has 1 aliphatic rings. The SMILES string of the molecule is COc1ccc(C)cc1NC(=O)c1ccc(NC2CCS(=O)(=O)C2)nc1. The minimum Gasteiger partial charge on any atom is -0.495 e. The fraction of sp³-hybridized carbons (Fsp3) is 0.333. The van der Waals surface area contributed by atoms with Crippen molar-refractivity contribution in [1.82, 2.24) is 4.98 Å². The Kier molecular flexibility index (Phi) is 5.13. The molecule has 2 heterocycles. The number of sulfone groups is 1. The third-order valence-electron chi connectivity index (χ3n) is 4.21. The average Bonchev–Trinajstić information content (AvgIpc) is 2.94. The number of nitrogens with one attached hydrogen (secondary N) is 2. The first-order valence-corrected chi connectivity index (χ1v) is 10.1. The van der Waals surface area contributed by atoms with Gasteiger partial charge in [-0.05, 0) is 43.2 Å². The van der Waals surface area contributed by atoms with Gasteiger partial charge in [-0.15, -0.1) is 0 Å². The van der Waals surface area contributed by atoms with Gasteiger partial charge in [-0.25, -0.2) is 13.4 Å². The Labute approximate surface area is 152 Å². The average molecular weight is 375 g/mol. The van der Waals surface area contributed by atoms with Crippen molar-refractivity contribution in [2.24, 2.45) is 0 Å². The van der Waals surface area contributed by atoms with Crippen LogP contribution in [0.3, 0.4) is 0 Å². The number of nitrogens with zero attached hydrogens (tertiary/aromatic N) is 1. The molecule has 3 rings (SSSR count). The topological polar surface area (TPSA) is 97.4 Å². The molecule has 7 nitrogen and oxygen atoms in total. The molecule has 138 valence electrons. The molecule has 1 aromatic carbocycles. The van der Waals surface area contributed by atoms with Gasteiger partial charge in [-0.2, -0.15) is 0 Å². The van der Waals surface area contributed by atoms with Crippen LogP contribution in [0.25, 0.3) is 0 Å². The molecule has 1 atom stereocenters. The third-order valence-corrected chi connectivity index (χ3v) is 5.98. The number of rotatable bonds is 5. The standard InChI is InChI=1S/C18H21N3O4S/c1-12-3-5-16(25-2)15(9-12)21-18(22)13-4-6-17(19-10-13)20-14-7-8-26(23,24)11-14/h3-6,9-10,14H,7-8,11H2,1-2H3,(H,19,20)(H,21,22). The van der Waals surface area contributed by atoms with Gasteiger partial charge < -0.3 is 15.4 Å². The summed E-state index contributed by atoms with van der Waals surface area (Å²) >= 11 is 0. The van der Waals surface area contributed by atoms with E-state index in [1.165, 1.54) is 6.20 Å². The molecule has 2 N–H and O–H groups in total. The van der Waals surface area contributed by atoms with Gasteiger partial charge in [0.15, 0.2) is 9.84 Å².